The molecule has 17 heavy (non-hydrogen) atoms. The van der Waals surface area contributed by atoms with Crippen molar-refractivity contribution in [3.05, 3.63) is 11.9 Å². The van der Waals surface area contributed by atoms with E-state index in [1.54, 1.807) is 6.92 Å². The summed E-state index contributed by atoms with van der Waals surface area (Å²) >= 11 is 0. The maximum Gasteiger partial charge on any atom is 0.366 e. The average molecular weight is 262 g/mol. The van der Waals surface area contributed by atoms with Crippen LogP contribution in [0.5, 0.6) is 0 Å². The molecule has 0 amide bonds. The first-order valence-corrected chi connectivity index (χ1v) is 8.69. The quantitative estimate of drug-likeness (QED) is 0.432. The number of hydrogen-bond acceptors (Lipinski definition) is 3. The molecule has 0 aliphatic carbocycles. The third-order valence-corrected chi connectivity index (χ3v) is 7.48. The summed E-state index contributed by atoms with van der Waals surface area (Å²) in [6, 6.07) is 0. The third-order valence-electron chi connectivity index (χ3n) is 2.98. The Hall–Kier alpha value is -0.683. The van der Waals surface area contributed by atoms with Gasteiger partial charge in [0.15, 0.2) is 8.32 Å². The van der Waals surface area contributed by atoms with Crippen LogP contribution in [0.3, 0.4) is 0 Å². The summed E-state index contributed by atoms with van der Waals surface area (Å²) in [6.45, 7) is 12.4. The van der Waals surface area contributed by atoms with Gasteiger partial charge in [0.1, 0.15) is 0 Å². The van der Waals surface area contributed by atoms with Crippen LogP contribution in [0.2, 0.25) is 18.1 Å². The highest BCUT2D eigenvalue weighted by Gasteiger charge is 2.36. The van der Waals surface area contributed by atoms with Gasteiger partial charge in [0.2, 0.25) is 5.83 Å². The molecule has 0 saturated heterocycles. The summed E-state index contributed by atoms with van der Waals surface area (Å²) in [6.07, 6.45) is 1.14. The number of esters is 1. The van der Waals surface area contributed by atoms with E-state index < -0.39 is 20.1 Å². The van der Waals surface area contributed by atoms with Crippen molar-refractivity contribution < 1.29 is 18.3 Å². The predicted octanol–water partition coefficient (Wildman–Crippen LogP) is 3.42. The molecule has 5 heteroatoms. The van der Waals surface area contributed by atoms with Crippen LogP contribution in [0.25, 0.3) is 0 Å². The van der Waals surface area contributed by atoms with Crippen molar-refractivity contribution >= 4 is 14.3 Å². The van der Waals surface area contributed by atoms with Gasteiger partial charge in [-0.25, -0.2) is 4.79 Å². The first-order chi connectivity index (χ1) is 7.62. The zero-order valence-corrected chi connectivity index (χ0v) is 12.6. The Balaban J connectivity index is 4.32. The summed E-state index contributed by atoms with van der Waals surface area (Å²) in [5.41, 5.74) is 0. The van der Waals surface area contributed by atoms with Gasteiger partial charge in [-0.2, -0.15) is 4.39 Å². The fourth-order valence-corrected chi connectivity index (χ4v) is 1.76. The molecule has 0 fully saturated rings. The number of carbonyl (C=O) groups is 1. The van der Waals surface area contributed by atoms with Crippen LogP contribution < -0.4 is 0 Å². The van der Waals surface area contributed by atoms with E-state index in [0.29, 0.717) is 0 Å². The van der Waals surface area contributed by atoms with Gasteiger partial charge in [-0.1, -0.05) is 20.8 Å². The first-order valence-electron chi connectivity index (χ1n) is 5.78. The summed E-state index contributed by atoms with van der Waals surface area (Å²) < 4.78 is 23.4. The molecule has 0 heterocycles. The van der Waals surface area contributed by atoms with Crippen molar-refractivity contribution in [2.24, 2.45) is 0 Å². The summed E-state index contributed by atoms with van der Waals surface area (Å²) in [5, 5.41) is 0.0707. The predicted molar refractivity (Wildman–Crippen MR) is 69.0 cm³/mol. The highest BCUT2D eigenvalue weighted by molar-refractivity contribution is 6.74. The standard InChI is InChI=1S/C12H23FO3Si/c1-7-15-11(14)10(13)8-9-16-17(5,6)12(2,3)4/h8H,7,9H2,1-6H3. The molecule has 0 aromatic carbocycles. The fraction of sp³-hybridized carbons (Fsp3) is 0.750. The number of ether oxygens (including phenoxy) is 1. The average Bonchev–Trinajstić information content (AvgIpc) is 2.15. The Morgan fingerprint density at radius 2 is 1.88 bits per heavy atom. The monoisotopic (exact) mass is 262 g/mol. The van der Waals surface area contributed by atoms with Crippen molar-refractivity contribution in [3.8, 4) is 0 Å². The highest BCUT2D eigenvalue weighted by Crippen LogP contribution is 2.36. The van der Waals surface area contributed by atoms with Gasteiger partial charge >= 0.3 is 5.97 Å². The SMILES string of the molecule is CCOC(=O)C(F)=CCO[Si](C)(C)C(C)(C)C. The smallest absolute Gasteiger partial charge is 0.366 e. The molecule has 0 rings (SSSR count). The van der Waals surface area contributed by atoms with Gasteiger partial charge in [-0.05, 0) is 31.1 Å². The second-order valence-corrected chi connectivity index (χ2v) is 10.2. The number of halogens is 1. The lowest BCUT2D eigenvalue weighted by Gasteiger charge is -2.35. The minimum Gasteiger partial charge on any atom is -0.461 e. The van der Waals surface area contributed by atoms with Gasteiger partial charge in [-0.3, -0.25) is 0 Å². The zero-order valence-electron chi connectivity index (χ0n) is 11.6. The minimum absolute atomic E-state index is 0.0707. The summed E-state index contributed by atoms with van der Waals surface area (Å²) in [4.78, 5) is 11.0. The third kappa shape index (κ3) is 5.45. The Morgan fingerprint density at radius 1 is 1.35 bits per heavy atom. The maximum absolute atomic E-state index is 13.2. The van der Waals surface area contributed by atoms with Gasteiger partial charge in [0, 0.05) is 0 Å². The number of rotatable bonds is 5. The molecule has 0 radical (unpaired) electrons. The van der Waals surface area contributed by atoms with E-state index in [9.17, 15) is 9.18 Å². The lowest BCUT2D eigenvalue weighted by molar-refractivity contribution is -0.140. The molecular formula is C12H23FO3Si. The Bertz CT molecular complexity index is 293. The normalized spacial score (nSPS) is 13.7. The lowest BCUT2D eigenvalue weighted by Crippen LogP contribution is -2.40. The van der Waals surface area contributed by atoms with Crippen LogP contribution in [0.1, 0.15) is 27.7 Å². The largest absolute Gasteiger partial charge is 0.461 e. The molecule has 0 aromatic rings. The van der Waals surface area contributed by atoms with Crippen LogP contribution in [0, 0.1) is 0 Å². The van der Waals surface area contributed by atoms with E-state index in [4.69, 9.17) is 4.43 Å². The van der Waals surface area contributed by atoms with Crippen molar-refractivity contribution in [2.45, 2.75) is 45.8 Å². The van der Waals surface area contributed by atoms with Crippen molar-refractivity contribution in [2.75, 3.05) is 13.2 Å². The molecule has 100 valence electrons. The van der Waals surface area contributed by atoms with Crippen LogP contribution in [-0.4, -0.2) is 27.5 Å². The van der Waals surface area contributed by atoms with E-state index in [0.717, 1.165) is 6.08 Å². The topological polar surface area (TPSA) is 35.5 Å². The zero-order chi connectivity index (χ0) is 13.7. The van der Waals surface area contributed by atoms with E-state index in [-0.39, 0.29) is 18.3 Å². The van der Waals surface area contributed by atoms with E-state index in [1.807, 2.05) is 0 Å². The molecule has 3 nitrogen and oxygen atoms in total. The molecule has 0 aliphatic heterocycles. The van der Waals surface area contributed by atoms with E-state index >= 15 is 0 Å². The molecule has 0 aromatic heterocycles. The van der Waals surface area contributed by atoms with Crippen LogP contribution >= 0.6 is 0 Å². The molecule has 0 unspecified atom stereocenters. The van der Waals surface area contributed by atoms with Gasteiger partial charge < -0.3 is 9.16 Å². The van der Waals surface area contributed by atoms with Crippen LogP contribution in [0.15, 0.2) is 11.9 Å². The van der Waals surface area contributed by atoms with Crippen LogP contribution in [0.4, 0.5) is 4.39 Å². The van der Waals surface area contributed by atoms with Gasteiger partial charge in [-0.15, -0.1) is 0 Å². The second kappa shape index (κ2) is 6.30. The molecular weight excluding hydrogens is 239 g/mol. The number of carbonyl (C=O) groups excluding carboxylic acids is 1. The van der Waals surface area contributed by atoms with Crippen molar-refractivity contribution in [3.63, 3.8) is 0 Å². The maximum atomic E-state index is 13.2. The summed E-state index contributed by atoms with van der Waals surface area (Å²) in [7, 11) is -1.89. The molecule has 0 saturated carbocycles. The molecule has 0 bridgehead atoms. The molecule has 0 spiro atoms. The Labute approximate surface area is 104 Å². The Kier molecular flexibility index (Phi) is 6.05. The number of hydrogen-bond donors (Lipinski definition) is 0. The molecule has 0 atom stereocenters. The second-order valence-electron chi connectivity index (χ2n) is 5.34. The fourth-order valence-electron chi connectivity index (χ4n) is 0.823. The lowest BCUT2D eigenvalue weighted by atomic mass is 10.2. The van der Waals surface area contributed by atoms with Crippen molar-refractivity contribution in [1.29, 1.82) is 0 Å². The van der Waals surface area contributed by atoms with E-state index in [1.165, 1.54) is 0 Å². The van der Waals surface area contributed by atoms with E-state index in [2.05, 4.69) is 38.6 Å². The molecule has 0 aliphatic rings. The Morgan fingerprint density at radius 3 is 2.29 bits per heavy atom. The van der Waals surface area contributed by atoms with Crippen LogP contribution in [-0.2, 0) is 14.0 Å². The highest BCUT2D eigenvalue weighted by atomic mass is 28.4. The van der Waals surface area contributed by atoms with Gasteiger partial charge in [0.05, 0.1) is 13.2 Å². The van der Waals surface area contributed by atoms with Crippen molar-refractivity contribution in [1.82, 2.24) is 0 Å². The first kappa shape index (κ1) is 16.3. The summed E-state index contributed by atoms with van der Waals surface area (Å²) in [5.74, 6) is -1.81. The van der Waals surface area contributed by atoms with Gasteiger partial charge in [0.25, 0.3) is 0 Å². The molecule has 0 N–H and O–H groups in total. The minimum atomic E-state index is -1.89.